The first kappa shape index (κ1) is 9.88. The van der Waals surface area contributed by atoms with Gasteiger partial charge in [0.25, 0.3) is 0 Å². The summed E-state index contributed by atoms with van der Waals surface area (Å²) in [5.41, 5.74) is 0. The van der Waals surface area contributed by atoms with Crippen LogP contribution in [0.25, 0.3) is 0 Å². The number of rotatable bonds is 5. The second kappa shape index (κ2) is 5.65. The van der Waals surface area contributed by atoms with Crippen molar-refractivity contribution in [3.8, 4) is 0 Å². The van der Waals surface area contributed by atoms with Crippen molar-refractivity contribution in [2.24, 2.45) is 0 Å². The molecule has 0 radical (unpaired) electrons. The van der Waals surface area contributed by atoms with Crippen molar-refractivity contribution in [1.29, 1.82) is 0 Å². The number of ether oxygens (including phenoxy) is 1. The first-order valence-corrected chi connectivity index (χ1v) is 3.52. The molecule has 0 amide bonds. The second-order valence-corrected chi connectivity index (χ2v) is 2.60. The molecule has 0 saturated carbocycles. The summed E-state index contributed by atoms with van der Waals surface area (Å²) < 4.78 is 4.87. The molecule has 0 heterocycles. The van der Waals surface area contributed by atoms with Crippen LogP contribution in [0.3, 0.4) is 0 Å². The topological polar surface area (TPSA) is 32.7 Å². The first-order valence-electron chi connectivity index (χ1n) is 3.52. The fourth-order valence-electron chi connectivity index (χ4n) is 0.789. The average molecular weight is 147 g/mol. The molecule has 0 aliphatic carbocycles. The van der Waals surface area contributed by atoms with Crippen molar-refractivity contribution in [1.82, 2.24) is 4.90 Å². The monoisotopic (exact) mass is 147 g/mol. The molecule has 10 heavy (non-hydrogen) atoms. The number of aliphatic hydroxyl groups excluding tert-OH is 1. The van der Waals surface area contributed by atoms with Gasteiger partial charge in [-0.05, 0) is 14.0 Å². The molecule has 0 aromatic carbocycles. The summed E-state index contributed by atoms with van der Waals surface area (Å²) in [7, 11) is 3.64. The maximum absolute atomic E-state index is 8.94. The highest BCUT2D eigenvalue weighted by atomic mass is 16.5. The van der Waals surface area contributed by atoms with Crippen molar-refractivity contribution in [2.75, 3.05) is 33.9 Å². The zero-order valence-electron chi connectivity index (χ0n) is 7.00. The lowest BCUT2D eigenvalue weighted by Crippen LogP contribution is -2.29. The summed E-state index contributed by atoms with van der Waals surface area (Å²) >= 11 is 0. The Bertz CT molecular complexity index is 76.0. The van der Waals surface area contributed by atoms with Crippen LogP contribution >= 0.6 is 0 Å². The molecule has 3 nitrogen and oxygen atoms in total. The molecule has 3 heteroatoms. The third kappa shape index (κ3) is 6.01. The minimum Gasteiger partial charge on any atom is -0.392 e. The van der Waals surface area contributed by atoms with Gasteiger partial charge in [-0.15, -0.1) is 0 Å². The fraction of sp³-hybridized carbons (Fsp3) is 1.00. The van der Waals surface area contributed by atoms with Gasteiger partial charge >= 0.3 is 0 Å². The van der Waals surface area contributed by atoms with Gasteiger partial charge in [0.2, 0.25) is 0 Å². The molecule has 0 aromatic rings. The van der Waals surface area contributed by atoms with Crippen LogP contribution < -0.4 is 0 Å². The van der Waals surface area contributed by atoms with E-state index >= 15 is 0 Å². The van der Waals surface area contributed by atoms with E-state index < -0.39 is 0 Å². The van der Waals surface area contributed by atoms with Crippen molar-refractivity contribution >= 4 is 0 Å². The Morgan fingerprint density at radius 1 is 1.60 bits per heavy atom. The molecule has 0 saturated heterocycles. The Morgan fingerprint density at radius 3 is 2.60 bits per heavy atom. The number of aliphatic hydroxyl groups is 1. The van der Waals surface area contributed by atoms with E-state index in [2.05, 4.69) is 0 Å². The van der Waals surface area contributed by atoms with Gasteiger partial charge in [-0.2, -0.15) is 0 Å². The molecule has 0 aromatic heterocycles. The molecule has 0 bridgehead atoms. The molecule has 0 aliphatic rings. The number of likely N-dealkylation sites (N-methyl/N-ethyl adjacent to an activating group) is 1. The van der Waals surface area contributed by atoms with Crippen LogP contribution in [0.5, 0.6) is 0 Å². The standard InChI is InChI=1S/C7H17NO2/c1-7(9)6-8(2)4-5-10-3/h7,9H,4-6H2,1-3H3/t7-/m1/s1. The van der Waals surface area contributed by atoms with E-state index in [0.717, 1.165) is 13.2 Å². The Hall–Kier alpha value is -0.120. The van der Waals surface area contributed by atoms with Crippen molar-refractivity contribution in [3.05, 3.63) is 0 Å². The van der Waals surface area contributed by atoms with Crippen LogP contribution in [0.2, 0.25) is 0 Å². The summed E-state index contributed by atoms with van der Waals surface area (Å²) in [4.78, 5) is 2.04. The van der Waals surface area contributed by atoms with Crippen LogP contribution in [-0.4, -0.2) is 50.0 Å². The fourth-order valence-corrected chi connectivity index (χ4v) is 0.789. The van der Waals surface area contributed by atoms with Crippen LogP contribution in [0, 0.1) is 0 Å². The SMILES string of the molecule is COCCN(C)C[C@@H](C)O. The molecular formula is C7H17NO2. The van der Waals surface area contributed by atoms with E-state index in [0.29, 0.717) is 6.54 Å². The van der Waals surface area contributed by atoms with E-state index in [4.69, 9.17) is 9.84 Å². The van der Waals surface area contributed by atoms with Crippen LogP contribution in [0.15, 0.2) is 0 Å². The number of hydrogen-bond donors (Lipinski definition) is 1. The lowest BCUT2D eigenvalue weighted by Gasteiger charge is -2.17. The highest BCUT2D eigenvalue weighted by molar-refractivity contribution is 4.54. The van der Waals surface area contributed by atoms with E-state index in [-0.39, 0.29) is 6.10 Å². The maximum atomic E-state index is 8.94. The molecule has 1 N–H and O–H groups in total. The Morgan fingerprint density at radius 2 is 2.20 bits per heavy atom. The van der Waals surface area contributed by atoms with Crippen molar-refractivity contribution < 1.29 is 9.84 Å². The summed E-state index contributed by atoms with van der Waals surface area (Å²) in [5, 5.41) is 8.94. The van der Waals surface area contributed by atoms with Gasteiger partial charge in [0.1, 0.15) is 0 Å². The largest absolute Gasteiger partial charge is 0.392 e. The summed E-state index contributed by atoms with van der Waals surface area (Å²) in [6, 6.07) is 0. The molecule has 0 rings (SSSR count). The average Bonchev–Trinajstić information content (AvgIpc) is 1.82. The zero-order chi connectivity index (χ0) is 7.98. The molecule has 0 aliphatic heterocycles. The Kier molecular flexibility index (Phi) is 5.58. The van der Waals surface area contributed by atoms with Gasteiger partial charge in [0, 0.05) is 20.2 Å². The summed E-state index contributed by atoms with van der Waals surface area (Å²) in [6.07, 6.45) is -0.248. The van der Waals surface area contributed by atoms with Crippen molar-refractivity contribution in [2.45, 2.75) is 13.0 Å². The number of hydrogen-bond acceptors (Lipinski definition) is 3. The number of nitrogens with zero attached hydrogens (tertiary/aromatic N) is 1. The minimum atomic E-state index is -0.248. The van der Waals surface area contributed by atoms with Gasteiger partial charge in [-0.25, -0.2) is 0 Å². The van der Waals surface area contributed by atoms with Gasteiger partial charge in [-0.1, -0.05) is 0 Å². The lowest BCUT2D eigenvalue weighted by atomic mass is 10.4. The summed E-state index contributed by atoms with van der Waals surface area (Å²) in [6.45, 7) is 4.09. The molecule has 1 atom stereocenters. The third-order valence-corrected chi connectivity index (χ3v) is 1.25. The third-order valence-electron chi connectivity index (χ3n) is 1.25. The molecule has 62 valence electrons. The van der Waals surface area contributed by atoms with Crippen LogP contribution in [0.4, 0.5) is 0 Å². The van der Waals surface area contributed by atoms with Gasteiger partial charge in [-0.3, -0.25) is 0 Å². The van der Waals surface area contributed by atoms with Crippen LogP contribution in [-0.2, 0) is 4.74 Å². The first-order chi connectivity index (χ1) is 4.66. The predicted molar refractivity (Wildman–Crippen MR) is 41.1 cm³/mol. The molecule has 0 unspecified atom stereocenters. The Balaban J connectivity index is 3.16. The highest BCUT2D eigenvalue weighted by Gasteiger charge is 2.00. The zero-order valence-corrected chi connectivity index (χ0v) is 7.00. The van der Waals surface area contributed by atoms with E-state index in [1.807, 2.05) is 11.9 Å². The molecule has 0 spiro atoms. The quantitative estimate of drug-likeness (QED) is 0.591. The highest BCUT2D eigenvalue weighted by Crippen LogP contribution is 1.86. The Labute approximate surface area is 62.6 Å². The van der Waals surface area contributed by atoms with Crippen molar-refractivity contribution in [3.63, 3.8) is 0 Å². The van der Waals surface area contributed by atoms with Gasteiger partial charge in [0.15, 0.2) is 0 Å². The van der Waals surface area contributed by atoms with Gasteiger partial charge < -0.3 is 14.7 Å². The van der Waals surface area contributed by atoms with E-state index in [1.54, 1.807) is 14.0 Å². The summed E-state index contributed by atoms with van der Waals surface area (Å²) in [5.74, 6) is 0. The minimum absolute atomic E-state index is 0.248. The molecule has 0 fully saturated rings. The predicted octanol–water partition coefficient (Wildman–Crippen LogP) is -0.0546. The smallest absolute Gasteiger partial charge is 0.0638 e. The van der Waals surface area contributed by atoms with E-state index in [1.165, 1.54) is 0 Å². The second-order valence-electron chi connectivity index (χ2n) is 2.60. The van der Waals surface area contributed by atoms with Crippen LogP contribution in [0.1, 0.15) is 6.92 Å². The lowest BCUT2D eigenvalue weighted by molar-refractivity contribution is 0.113. The normalized spacial score (nSPS) is 14.1. The maximum Gasteiger partial charge on any atom is 0.0638 e. The molecular weight excluding hydrogens is 130 g/mol. The number of methoxy groups -OCH3 is 1. The van der Waals surface area contributed by atoms with E-state index in [9.17, 15) is 0 Å². The van der Waals surface area contributed by atoms with Gasteiger partial charge in [0.05, 0.1) is 12.7 Å².